The van der Waals surface area contributed by atoms with Crippen molar-refractivity contribution in [2.45, 2.75) is 51.5 Å². The summed E-state index contributed by atoms with van der Waals surface area (Å²) in [7, 11) is 0. The predicted octanol–water partition coefficient (Wildman–Crippen LogP) is 3.51. The topological polar surface area (TPSA) is 64.9 Å². The maximum absolute atomic E-state index is 13.1. The van der Waals surface area contributed by atoms with Gasteiger partial charge in [-0.15, -0.1) is 0 Å². The normalized spacial score (nSPS) is 12.7. The first-order valence-corrected chi connectivity index (χ1v) is 7.23. The Morgan fingerprint density at radius 3 is 2.24 bits per heavy atom. The van der Waals surface area contributed by atoms with Gasteiger partial charge in [0.1, 0.15) is 5.82 Å². The number of nitrogens with zero attached hydrogens (tertiary/aromatic N) is 2. The van der Waals surface area contributed by atoms with Gasteiger partial charge in [0.2, 0.25) is 5.89 Å². The SMILES string of the molecule is CCC(N)(CC)c1nc(C(C)(C)c2ccc(F)cc2)no1. The highest BCUT2D eigenvalue weighted by molar-refractivity contribution is 5.30. The molecule has 114 valence electrons. The number of benzene rings is 1. The van der Waals surface area contributed by atoms with Gasteiger partial charge in [0.05, 0.1) is 11.0 Å². The third-order valence-corrected chi connectivity index (χ3v) is 4.24. The molecule has 2 aromatic rings. The lowest BCUT2D eigenvalue weighted by molar-refractivity contribution is 0.265. The summed E-state index contributed by atoms with van der Waals surface area (Å²) in [4.78, 5) is 4.50. The summed E-state index contributed by atoms with van der Waals surface area (Å²) in [5.74, 6) is 0.750. The molecule has 0 aliphatic carbocycles. The van der Waals surface area contributed by atoms with E-state index in [4.69, 9.17) is 10.3 Å². The molecular weight excluding hydrogens is 269 g/mol. The van der Waals surface area contributed by atoms with Gasteiger partial charge in [-0.1, -0.05) is 31.1 Å². The molecule has 0 saturated heterocycles. The minimum atomic E-state index is -0.593. The molecule has 21 heavy (non-hydrogen) atoms. The van der Waals surface area contributed by atoms with E-state index in [9.17, 15) is 4.39 Å². The van der Waals surface area contributed by atoms with Crippen molar-refractivity contribution in [3.8, 4) is 0 Å². The van der Waals surface area contributed by atoms with Crippen LogP contribution in [0.25, 0.3) is 0 Å². The van der Waals surface area contributed by atoms with E-state index in [1.54, 1.807) is 12.1 Å². The molecule has 0 atom stereocenters. The van der Waals surface area contributed by atoms with Gasteiger partial charge < -0.3 is 10.3 Å². The van der Waals surface area contributed by atoms with E-state index in [1.165, 1.54) is 12.1 Å². The molecule has 0 unspecified atom stereocenters. The summed E-state index contributed by atoms with van der Waals surface area (Å²) in [6.07, 6.45) is 1.45. The lowest BCUT2D eigenvalue weighted by Crippen LogP contribution is -2.35. The van der Waals surface area contributed by atoms with Gasteiger partial charge in [0, 0.05) is 0 Å². The van der Waals surface area contributed by atoms with Crippen LogP contribution in [0.3, 0.4) is 0 Å². The van der Waals surface area contributed by atoms with Gasteiger partial charge in [-0.05, 0) is 44.4 Å². The summed E-state index contributed by atoms with van der Waals surface area (Å²) in [5.41, 5.74) is 6.14. The fraction of sp³-hybridized carbons (Fsp3) is 0.500. The van der Waals surface area contributed by atoms with E-state index in [0.29, 0.717) is 11.7 Å². The van der Waals surface area contributed by atoms with Crippen LogP contribution in [-0.2, 0) is 11.0 Å². The second kappa shape index (κ2) is 5.56. The molecule has 1 aromatic carbocycles. The number of hydrogen-bond donors (Lipinski definition) is 1. The van der Waals surface area contributed by atoms with Crippen LogP contribution < -0.4 is 5.73 Å². The predicted molar refractivity (Wildman–Crippen MR) is 79.3 cm³/mol. The van der Waals surface area contributed by atoms with Crippen LogP contribution in [0, 0.1) is 5.82 Å². The van der Waals surface area contributed by atoms with E-state index < -0.39 is 11.0 Å². The first-order valence-electron chi connectivity index (χ1n) is 7.23. The Balaban J connectivity index is 2.38. The van der Waals surface area contributed by atoms with Crippen molar-refractivity contribution in [2.75, 3.05) is 0 Å². The smallest absolute Gasteiger partial charge is 0.246 e. The average Bonchev–Trinajstić information content (AvgIpc) is 2.98. The molecule has 0 bridgehead atoms. The Bertz CT molecular complexity index is 600. The summed E-state index contributed by atoms with van der Waals surface area (Å²) in [6, 6.07) is 6.34. The molecule has 0 amide bonds. The first kappa shape index (κ1) is 15.6. The van der Waals surface area contributed by atoms with Crippen LogP contribution in [0.1, 0.15) is 57.8 Å². The summed E-state index contributed by atoms with van der Waals surface area (Å²) in [6.45, 7) is 7.95. The summed E-state index contributed by atoms with van der Waals surface area (Å²) >= 11 is 0. The molecule has 0 spiro atoms. The fourth-order valence-electron chi connectivity index (χ4n) is 2.23. The van der Waals surface area contributed by atoms with Gasteiger partial charge in [0.15, 0.2) is 5.82 Å². The van der Waals surface area contributed by atoms with Gasteiger partial charge >= 0.3 is 0 Å². The molecule has 0 radical (unpaired) electrons. The Labute approximate surface area is 124 Å². The number of aromatic nitrogens is 2. The Kier molecular flexibility index (Phi) is 4.14. The zero-order valence-corrected chi connectivity index (χ0v) is 13.0. The molecule has 0 aliphatic heterocycles. The van der Waals surface area contributed by atoms with E-state index >= 15 is 0 Å². The molecule has 1 aromatic heterocycles. The van der Waals surface area contributed by atoms with Crippen molar-refractivity contribution in [3.05, 3.63) is 47.4 Å². The van der Waals surface area contributed by atoms with Gasteiger partial charge in [-0.2, -0.15) is 4.98 Å². The second-order valence-electron chi connectivity index (χ2n) is 5.92. The highest BCUT2D eigenvalue weighted by Gasteiger charge is 2.34. The van der Waals surface area contributed by atoms with E-state index in [-0.39, 0.29) is 5.82 Å². The molecule has 0 aliphatic rings. The average molecular weight is 291 g/mol. The number of halogens is 1. The fourth-order valence-corrected chi connectivity index (χ4v) is 2.23. The summed E-state index contributed by atoms with van der Waals surface area (Å²) in [5, 5.41) is 4.09. The lowest BCUT2D eigenvalue weighted by Gasteiger charge is -2.22. The van der Waals surface area contributed by atoms with Gasteiger partial charge in [0.25, 0.3) is 0 Å². The first-order chi connectivity index (χ1) is 9.83. The second-order valence-corrected chi connectivity index (χ2v) is 5.92. The molecule has 2 rings (SSSR count). The van der Waals surface area contributed by atoms with Crippen molar-refractivity contribution in [3.63, 3.8) is 0 Å². The van der Waals surface area contributed by atoms with Crippen molar-refractivity contribution in [1.29, 1.82) is 0 Å². The number of hydrogen-bond acceptors (Lipinski definition) is 4. The zero-order valence-electron chi connectivity index (χ0n) is 13.0. The Morgan fingerprint density at radius 1 is 1.14 bits per heavy atom. The molecular formula is C16H22FN3O. The minimum Gasteiger partial charge on any atom is -0.337 e. The van der Waals surface area contributed by atoms with Crippen molar-refractivity contribution < 1.29 is 8.91 Å². The molecule has 0 fully saturated rings. The quantitative estimate of drug-likeness (QED) is 0.915. The van der Waals surface area contributed by atoms with E-state index in [0.717, 1.165) is 18.4 Å². The summed E-state index contributed by atoms with van der Waals surface area (Å²) < 4.78 is 18.4. The number of nitrogens with two attached hydrogens (primary N) is 1. The van der Waals surface area contributed by atoms with Gasteiger partial charge in [-0.25, -0.2) is 4.39 Å². The highest BCUT2D eigenvalue weighted by Crippen LogP contribution is 2.32. The van der Waals surface area contributed by atoms with E-state index in [1.807, 2.05) is 27.7 Å². The molecule has 0 saturated carbocycles. The zero-order chi connectivity index (χ0) is 15.7. The molecule has 5 heteroatoms. The van der Waals surface area contributed by atoms with E-state index in [2.05, 4.69) is 10.1 Å². The highest BCUT2D eigenvalue weighted by atomic mass is 19.1. The monoisotopic (exact) mass is 291 g/mol. The largest absolute Gasteiger partial charge is 0.337 e. The molecule has 4 nitrogen and oxygen atoms in total. The molecule has 1 heterocycles. The maximum Gasteiger partial charge on any atom is 0.246 e. The minimum absolute atomic E-state index is 0.263. The van der Waals surface area contributed by atoms with Crippen molar-refractivity contribution in [2.24, 2.45) is 5.73 Å². The molecule has 2 N–H and O–H groups in total. The van der Waals surface area contributed by atoms with Crippen LogP contribution in [0.2, 0.25) is 0 Å². The third kappa shape index (κ3) is 2.83. The number of rotatable bonds is 5. The Morgan fingerprint density at radius 2 is 1.71 bits per heavy atom. The maximum atomic E-state index is 13.1. The van der Waals surface area contributed by atoms with Crippen LogP contribution in [0.5, 0.6) is 0 Å². The van der Waals surface area contributed by atoms with Gasteiger partial charge in [-0.3, -0.25) is 0 Å². The standard InChI is InChI=1S/C16H22FN3O/c1-5-16(18,6-2)14-19-13(20-21-14)15(3,4)11-7-9-12(17)10-8-11/h7-10H,5-6,18H2,1-4H3. The van der Waals surface area contributed by atoms with Crippen LogP contribution in [0.15, 0.2) is 28.8 Å². The van der Waals surface area contributed by atoms with Crippen molar-refractivity contribution in [1.82, 2.24) is 10.1 Å². The van der Waals surface area contributed by atoms with Crippen LogP contribution in [-0.4, -0.2) is 10.1 Å². The van der Waals surface area contributed by atoms with Crippen LogP contribution >= 0.6 is 0 Å². The van der Waals surface area contributed by atoms with Crippen LogP contribution in [0.4, 0.5) is 4.39 Å². The third-order valence-electron chi connectivity index (χ3n) is 4.24. The lowest BCUT2D eigenvalue weighted by atomic mass is 9.84. The Hall–Kier alpha value is -1.75. The van der Waals surface area contributed by atoms with Crippen molar-refractivity contribution >= 4 is 0 Å².